The number of likely N-dealkylation sites (tertiary alicyclic amines) is 1. The summed E-state index contributed by atoms with van der Waals surface area (Å²) in [5.74, 6) is -2.60. The minimum absolute atomic E-state index is 0.275. The number of hydroxylamine groups is 1. The van der Waals surface area contributed by atoms with E-state index in [9.17, 15) is 22.8 Å². The lowest BCUT2D eigenvalue weighted by molar-refractivity contribution is -0.151. The van der Waals surface area contributed by atoms with Crippen LogP contribution in [0.1, 0.15) is 18.4 Å². The second kappa shape index (κ2) is 8.25. The lowest BCUT2D eigenvalue weighted by Gasteiger charge is -2.36. The Balaban J connectivity index is 1.89. The fraction of sp³-hybridized carbons (Fsp3) is 0.250. The number of nitrogens with one attached hydrogen (secondary N) is 1. The molecule has 2 aromatic carbocycles. The van der Waals surface area contributed by atoms with E-state index in [1.165, 1.54) is 36.8 Å². The molecule has 3 rings (SSSR count). The maximum Gasteiger partial charge on any atom is 0.266 e. The van der Waals surface area contributed by atoms with E-state index in [4.69, 9.17) is 9.94 Å². The van der Waals surface area contributed by atoms with Gasteiger partial charge in [-0.1, -0.05) is 30.3 Å². The summed E-state index contributed by atoms with van der Waals surface area (Å²) >= 11 is 0. The largest absolute Gasteiger partial charge is 0.489 e. The smallest absolute Gasteiger partial charge is 0.266 e. The molecule has 1 aliphatic heterocycles. The maximum atomic E-state index is 13.3. The highest BCUT2D eigenvalue weighted by Crippen LogP contribution is 2.37. The molecule has 1 saturated heterocycles. The number of sulfone groups is 1. The van der Waals surface area contributed by atoms with Crippen molar-refractivity contribution >= 4 is 27.6 Å². The van der Waals surface area contributed by atoms with Crippen LogP contribution in [0.25, 0.3) is 0 Å². The molecule has 0 bridgehead atoms. The van der Waals surface area contributed by atoms with Crippen LogP contribution in [0.3, 0.4) is 0 Å². The van der Waals surface area contributed by atoms with Gasteiger partial charge in [0.05, 0.1) is 17.7 Å². The van der Waals surface area contributed by atoms with Crippen LogP contribution in [0.4, 0.5) is 0 Å². The molecule has 0 aromatic heterocycles. The van der Waals surface area contributed by atoms with Gasteiger partial charge in [0.25, 0.3) is 5.91 Å². The SMILES string of the molecule is CN1C(=O)CC(C(=O)NO)(S(=O)(=O)c2ccc(OCc3ccccc3)cc2)CC1=O. The quantitative estimate of drug-likeness (QED) is 0.397. The van der Waals surface area contributed by atoms with Crippen molar-refractivity contribution in [3.8, 4) is 5.75 Å². The molecule has 1 heterocycles. The molecule has 10 heteroatoms. The number of piperidine rings is 1. The van der Waals surface area contributed by atoms with Gasteiger partial charge in [0.15, 0.2) is 14.6 Å². The van der Waals surface area contributed by atoms with Crippen LogP contribution in [-0.2, 0) is 30.8 Å². The molecule has 0 atom stereocenters. The summed E-state index contributed by atoms with van der Waals surface area (Å²) in [4.78, 5) is 37.1. The molecule has 0 radical (unpaired) electrons. The number of benzene rings is 2. The third kappa shape index (κ3) is 3.79. The number of amides is 3. The zero-order chi connectivity index (χ0) is 21.9. The number of hydrogen-bond acceptors (Lipinski definition) is 7. The van der Waals surface area contributed by atoms with E-state index in [1.807, 2.05) is 30.3 Å². The lowest BCUT2D eigenvalue weighted by atomic mass is 9.94. The monoisotopic (exact) mass is 432 g/mol. The molecule has 2 aromatic rings. The van der Waals surface area contributed by atoms with Gasteiger partial charge in [-0.2, -0.15) is 0 Å². The van der Waals surface area contributed by atoms with Gasteiger partial charge in [-0.3, -0.25) is 24.5 Å². The van der Waals surface area contributed by atoms with Crippen molar-refractivity contribution in [2.24, 2.45) is 0 Å². The Labute approximate surface area is 173 Å². The number of rotatable bonds is 6. The summed E-state index contributed by atoms with van der Waals surface area (Å²) in [5, 5.41) is 9.10. The second-order valence-electron chi connectivity index (χ2n) is 6.88. The molecular formula is C20H20N2O7S. The van der Waals surface area contributed by atoms with E-state index in [2.05, 4.69) is 0 Å². The van der Waals surface area contributed by atoms with Crippen LogP contribution in [0.5, 0.6) is 5.75 Å². The highest BCUT2D eigenvalue weighted by molar-refractivity contribution is 7.93. The number of carbonyl (C=O) groups is 3. The number of ether oxygens (including phenoxy) is 1. The van der Waals surface area contributed by atoms with Crippen molar-refractivity contribution in [3.63, 3.8) is 0 Å². The first-order valence-corrected chi connectivity index (χ1v) is 10.4. The minimum Gasteiger partial charge on any atom is -0.489 e. The molecule has 9 nitrogen and oxygen atoms in total. The van der Waals surface area contributed by atoms with Gasteiger partial charge >= 0.3 is 0 Å². The number of nitrogens with zero attached hydrogens (tertiary/aromatic N) is 1. The van der Waals surface area contributed by atoms with Gasteiger partial charge in [0.2, 0.25) is 11.8 Å². The zero-order valence-electron chi connectivity index (χ0n) is 16.1. The summed E-state index contributed by atoms with van der Waals surface area (Å²) < 4.78 is 29.7. The first-order chi connectivity index (χ1) is 14.2. The molecular weight excluding hydrogens is 412 g/mol. The molecule has 158 valence electrons. The molecule has 1 aliphatic rings. The van der Waals surface area contributed by atoms with E-state index in [-0.39, 0.29) is 11.5 Å². The molecule has 3 amide bonds. The first kappa shape index (κ1) is 21.5. The second-order valence-corrected chi connectivity index (χ2v) is 9.14. The van der Waals surface area contributed by atoms with Crippen LogP contribution in [0.15, 0.2) is 59.5 Å². The van der Waals surface area contributed by atoms with Crippen molar-refractivity contribution in [2.75, 3.05) is 7.05 Å². The topological polar surface area (TPSA) is 130 Å². The molecule has 1 fully saturated rings. The van der Waals surface area contributed by atoms with Gasteiger partial charge in [-0.05, 0) is 29.8 Å². The van der Waals surface area contributed by atoms with E-state index < -0.39 is 45.1 Å². The standard InChI is InChI=1S/C20H20N2O7S/c1-22-17(23)11-20(12-18(22)24,19(25)21-26)30(27,28)16-9-7-15(8-10-16)29-13-14-5-3-2-4-6-14/h2-10,26H,11-13H2,1H3,(H,21,25). The van der Waals surface area contributed by atoms with E-state index in [0.29, 0.717) is 5.75 Å². The summed E-state index contributed by atoms with van der Waals surface area (Å²) in [6.45, 7) is 0.277. The maximum absolute atomic E-state index is 13.3. The highest BCUT2D eigenvalue weighted by Gasteiger charge is 2.57. The van der Waals surface area contributed by atoms with Crippen molar-refractivity contribution in [1.29, 1.82) is 0 Å². The third-order valence-electron chi connectivity index (χ3n) is 5.03. The Morgan fingerprint density at radius 3 is 2.17 bits per heavy atom. The molecule has 0 saturated carbocycles. The predicted molar refractivity (Wildman–Crippen MR) is 104 cm³/mol. The van der Waals surface area contributed by atoms with Crippen molar-refractivity contribution in [3.05, 3.63) is 60.2 Å². The zero-order valence-corrected chi connectivity index (χ0v) is 16.9. The summed E-state index contributed by atoms with van der Waals surface area (Å²) in [6.07, 6.45) is -1.54. The van der Waals surface area contributed by atoms with Gasteiger partial charge in [-0.25, -0.2) is 13.9 Å². The predicted octanol–water partition coefficient (Wildman–Crippen LogP) is 1.06. The summed E-state index contributed by atoms with van der Waals surface area (Å²) in [6, 6.07) is 14.7. The molecule has 0 aliphatic carbocycles. The van der Waals surface area contributed by atoms with Gasteiger partial charge in [0, 0.05) is 7.05 Å². The van der Waals surface area contributed by atoms with Crippen molar-refractivity contribution in [1.82, 2.24) is 10.4 Å². The van der Waals surface area contributed by atoms with Gasteiger partial charge < -0.3 is 4.74 Å². The van der Waals surface area contributed by atoms with E-state index in [1.54, 1.807) is 0 Å². The molecule has 0 unspecified atom stereocenters. The fourth-order valence-corrected chi connectivity index (χ4v) is 5.05. The third-order valence-corrected chi connectivity index (χ3v) is 7.43. The highest BCUT2D eigenvalue weighted by atomic mass is 32.2. The van der Waals surface area contributed by atoms with Crippen LogP contribution >= 0.6 is 0 Å². The summed E-state index contributed by atoms with van der Waals surface area (Å²) in [5.41, 5.74) is 2.22. The van der Waals surface area contributed by atoms with Crippen LogP contribution in [0, 0.1) is 0 Å². The number of imide groups is 1. The summed E-state index contributed by atoms with van der Waals surface area (Å²) in [7, 11) is -3.30. The Kier molecular flexibility index (Phi) is 5.90. The van der Waals surface area contributed by atoms with Crippen LogP contribution in [-0.4, -0.2) is 48.0 Å². The lowest BCUT2D eigenvalue weighted by Crippen LogP contribution is -2.60. The van der Waals surface area contributed by atoms with Crippen LogP contribution < -0.4 is 10.2 Å². The number of carbonyl (C=O) groups excluding carboxylic acids is 3. The Morgan fingerprint density at radius 1 is 1.07 bits per heavy atom. The normalized spacial score (nSPS) is 16.3. The Hall–Kier alpha value is -3.24. The van der Waals surface area contributed by atoms with Gasteiger partial charge in [-0.15, -0.1) is 0 Å². The Morgan fingerprint density at radius 2 is 1.63 bits per heavy atom. The average molecular weight is 432 g/mol. The molecule has 30 heavy (non-hydrogen) atoms. The van der Waals surface area contributed by atoms with E-state index in [0.717, 1.165) is 10.5 Å². The average Bonchev–Trinajstić information content (AvgIpc) is 2.76. The first-order valence-electron chi connectivity index (χ1n) is 8.96. The van der Waals surface area contributed by atoms with Crippen LogP contribution in [0.2, 0.25) is 0 Å². The van der Waals surface area contributed by atoms with Crippen molar-refractivity contribution in [2.45, 2.75) is 29.1 Å². The molecule has 0 spiro atoms. The van der Waals surface area contributed by atoms with E-state index >= 15 is 0 Å². The number of hydrogen-bond donors (Lipinski definition) is 2. The minimum atomic E-state index is -4.50. The van der Waals surface area contributed by atoms with Crippen molar-refractivity contribution < 1.29 is 32.7 Å². The Bertz CT molecular complexity index is 1050. The van der Waals surface area contributed by atoms with Gasteiger partial charge in [0.1, 0.15) is 12.4 Å². The molecule has 2 N–H and O–H groups in total. The fourth-order valence-electron chi connectivity index (χ4n) is 3.18.